The molecule has 1 unspecified atom stereocenters. The van der Waals surface area contributed by atoms with Gasteiger partial charge in [0.15, 0.2) is 0 Å². The Balaban J connectivity index is 1.78. The zero-order valence-electron chi connectivity index (χ0n) is 13.3. The molecule has 3 aromatic rings. The van der Waals surface area contributed by atoms with Crippen molar-refractivity contribution in [2.45, 2.75) is 19.1 Å². The smallest absolute Gasteiger partial charge is 0.339 e. The zero-order chi connectivity index (χ0) is 18.0. The monoisotopic (exact) mass is 372 g/mol. The highest BCUT2D eigenvalue weighted by atomic mass is 32.1. The van der Waals surface area contributed by atoms with Gasteiger partial charge in [-0.3, -0.25) is 5.21 Å². The van der Waals surface area contributed by atoms with E-state index in [4.69, 9.17) is 5.73 Å². The van der Waals surface area contributed by atoms with Crippen molar-refractivity contribution in [2.75, 3.05) is 0 Å². The maximum absolute atomic E-state index is 10.9. The van der Waals surface area contributed by atoms with Gasteiger partial charge in [-0.2, -0.15) is 5.06 Å². The minimum absolute atomic E-state index is 0.383. The molecule has 2 amide bonds. The first-order valence-electron chi connectivity index (χ1n) is 7.51. The van der Waals surface area contributed by atoms with Gasteiger partial charge in [-0.1, -0.05) is 30.0 Å². The number of rotatable bonds is 3. The molecule has 4 N–H and O–H groups in total. The fraction of sp³-hybridized carbons (Fsp3) is 0.167. The highest BCUT2D eigenvalue weighted by Crippen LogP contribution is 2.35. The van der Waals surface area contributed by atoms with Gasteiger partial charge < -0.3 is 10.8 Å². The molecule has 2 heterocycles. The van der Waals surface area contributed by atoms with Crippen LogP contribution in [0.4, 0.5) is 4.79 Å². The van der Waals surface area contributed by atoms with Crippen molar-refractivity contribution < 1.29 is 15.1 Å². The quantitative estimate of drug-likeness (QED) is 0.373. The summed E-state index contributed by atoms with van der Waals surface area (Å²) in [5.74, 6) is 5.63. The lowest BCUT2D eigenvalue weighted by molar-refractivity contribution is -0.0536. The van der Waals surface area contributed by atoms with Crippen LogP contribution in [0.15, 0.2) is 42.5 Å². The number of fused-ring (bicyclic) bond motifs is 1. The van der Waals surface area contributed by atoms with Crippen LogP contribution in [0.1, 0.15) is 27.7 Å². The lowest BCUT2D eigenvalue weighted by Gasteiger charge is -2.14. The maximum atomic E-state index is 10.9. The van der Waals surface area contributed by atoms with Crippen molar-refractivity contribution in [2.24, 2.45) is 5.73 Å². The van der Waals surface area contributed by atoms with Crippen LogP contribution in [0.3, 0.4) is 0 Å². The first-order chi connectivity index (χ1) is 12.0. The van der Waals surface area contributed by atoms with Gasteiger partial charge in [-0.15, -0.1) is 22.7 Å². The third-order valence-electron chi connectivity index (χ3n) is 3.61. The number of nitrogens with zero attached hydrogens (tertiary/aromatic N) is 1. The lowest BCUT2D eigenvalue weighted by Crippen LogP contribution is -2.38. The molecule has 0 saturated heterocycles. The van der Waals surface area contributed by atoms with E-state index in [0.29, 0.717) is 5.06 Å². The fourth-order valence-corrected chi connectivity index (χ4v) is 4.29. The Bertz CT molecular complexity index is 934. The van der Waals surface area contributed by atoms with Crippen LogP contribution in [0.5, 0.6) is 0 Å². The van der Waals surface area contributed by atoms with Crippen LogP contribution >= 0.6 is 22.7 Å². The number of carbonyl (C=O) groups is 1. The largest absolute Gasteiger partial charge is 0.382 e. The molecule has 0 aliphatic rings. The number of thiophene rings is 2. The highest BCUT2D eigenvalue weighted by Gasteiger charge is 2.16. The summed E-state index contributed by atoms with van der Waals surface area (Å²) in [7, 11) is 0. The number of nitrogens with two attached hydrogens (primary N) is 1. The Labute approximate surface area is 152 Å². The van der Waals surface area contributed by atoms with E-state index < -0.39 is 18.2 Å². The molecular formula is C18H16N2O3S2. The second kappa shape index (κ2) is 7.25. The molecule has 0 aliphatic heterocycles. The predicted molar refractivity (Wildman–Crippen MR) is 99.8 cm³/mol. The molecule has 3 rings (SSSR count). The average Bonchev–Trinajstić information content (AvgIpc) is 3.24. The van der Waals surface area contributed by atoms with Crippen molar-refractivity contribution in [3.05, 3.63) is 57.1 Å². The molecule has 25 heavy (non-hydrogen) atoms. The van der Waals surface area contributed by atoms with E-state index in [1.54, 1.807) is 18.3 Å². The number of primary amides is 1. The van der Waals surface area contributed by atoms with Gasteiger partial charge in [-0.25, -0.2) is 4.79 Å². The SMILES string of the molecule is C[C@H](C#Cc1ccc(C(O)c2cc3ccccc3s2)s1)N(O)C(N)=O. The van der Waals surface area contributed by atoms with Crippen LogP contribution in [-0.4, -0.2) is 27.4 Å². The van der Waals surface area contributed by atoms with Gasteiger partial charge in [0, 0.05) is 14.5 Å². The molecule has 0 radical (unpaired) electrons. The summed E-state index contributed by atoms with van der Waals surface area (Å²) < 4.78 is 1.14. The van der Waals surface area contributed by atoms with Crippen molar-refractivity contribution in [1.29, 1.82) is 0 Å². The third-order valence-corrected chi connectivity index (χ3v) is 5.83. The van der Waals surface area contributed by atoms with Gasteiger partial charge in [0.05, 0.1) is 4.88 Å². The van der Waals surface area contributed by atoms with Crippen LogP contribution in [-0.2, 0) is 0 Å². The molecule has 2 atom stereocenters. The molecule has 5 nitrogen and oxygen atoms in total. The van der Waals surface area contributed by atoms with E-state index in [1.807, 2.05) is 42.5 Å². The van der Waals surface area contributed by atoms with Crippen molar-refractivity contribution in [3.63, 3.8) is 0 Å². The number of benzene rings is 1. The summed E-state index contributed by atoms with van der Waals surface area (Å²) >= 11 is 2.94. The number of hydrogen-bond donors (Lipinski definition) is 3. The molecule has 128 valence electrons. The summed E-state index contributed by atoms with van der Waals surface area (Å²) in [6, 6.07) is 12.0. The fourth-order valence-electron chi connectivity index (χ4n) is 2.27. The molecule has 0 spiro atoms. The Hall–Kier alpha value is -2.37. The number of hydrogen-bond acceptors (Lipinski definition) is 5. The standard InChI is InChI=1S/C18H16N2O3S2/c1-11(20(23)18(19)22)6-7-13-8-9-15(24-13)17(21)16-10-12-4-2-3-5-14(12)25-16/h2-5,8-11,17,21,23H,1H3,(H2,19,22)/t11-,17?/m1/s1. The van der Waals surface area contributed by atoms with Gasteiger partial charge in [0.1, 0.15) is 12.1 Å². The first kappa shape index (κ1) is 17.5. The molecule has 7 heteroatoms. The van der Waals surface area contributed by atoms with Crippen molar-refractivity contribution in [3.8, 4) is 11.8 Å². The van der Waals surface area contributed by atoms with Crippen molar-refractivity contribution >= 4 is 38.8 Å². The number of aliphatic hydroxyl groups excluding tert-OH is 1. The summed E-state index contributed by atoms with van der Waals surface area (Å²) in [6.45, 7) is 1.57. The summed E-state index contributed by atoms with van der Waals surface area (Å²) in [6.07, 6.45) is -0.699. The van der Waals surface area contributed by atoms with Gasteiger partial charge >= 0.3 is 6.03 Å². The second-order valence-corrected chi connectivity index (χ2v) is 7.65. The summed E-state index contributed by atoms with van der Waals surface area (Å²) in [5, 5.41) is 21.5. The molecule has 0 aliphatic carbocycles. The van der Waals surface area contributed by atoms with E-state index in [0.717, 1.165) is 24.7 Å². The topological polar surface area (TPSA) is 86.8 Å². The molecule has 0 bridgehead atoms. The van der Waals surface area contributed by atoms with E-state index in [9.17, 15) is 15.1 Å². The van der Waals surface area contributed by atoms with Crippen LogP contribution < -0.4 is 5.73 Å². The normalized spacial score (nSPS) is 13.1. The Kier molecular flexibility index (Phi) is 5.06. The zero-order valence-corrected chi connectivity index (χ0v) is 15.0. The second-order valence-electron chi connectivity index (χ2n) is 5.42. The Morgan fingerprint density at radius 1 is 1.20 bits per heavy atom. The number of hydroxylamine groups is 2. The van der Waals surface area contributed by atoms with E-state index >= 15 is 0 Å². The van der Waals surface area contributed by atoms with E-state index in [2.05, 4.69) is 11.8 Å². The summed E-state index contributed by atoms with van der Waals surface area (Å²) in [5.41, 5.74) is 4.99. The molecule has 2 aromatic heterocycles. The van der Waals surface area contributed by atoms with E-state index in [1.165, 1.54) is 11.3 Å². The number of carbonyl (C=O) groups excluding carboxylic acids is 1. The number of urea groups is 1. The highest BCUT2D eigenvalue weighted by molar-refractivity contribution is 7.19. The molecular weight excluding hydrogens is 356 g/mol. The number of amides is 2. The molecule has 0 saturated carbocycles. The van der Waals surface area contributed by atoms with Crippen LogP contribution in [0.25, 0.3) is 10.1 Å². The van der Waals surface area contributed by atoms with Gasteiger partial charge in [0.25, 0.3) is 0 Å². The Morgan fingerprint density at radius 2 is 1.96 bits per heavy atom. The number of aliphatic hydroxyl groups is 1. The third kappa shape index (κ3) is 3.83. The van der Waals surface area contributed by atoms with Gasteiger partial charge in [-0.05, 0) is 36.6 Å². The van der Waals surface area contributed by atoms with E-state index in [-0.39, 0.29) is 0 Å². The van der Waals surface area contributed by atoms with Crippen molar-refractivity contribution in [1.82, 2.24) is 5.06 Å². The predicted octanol–water partition coefficient (Wildman–Crippen LogP) is 3.55. The van der Waals surface area contributed by atoms with Gasteiger partial charge in [0.2, 0.25) is 0 Å². The van der Waals surface area contributed by atoms with Crippen LogP contribution in [0, 0.1) is 11.8 Å². The Morgan fingerprint density at radius 3 is 2.68 bits per heavy atom. The van der Waals surface area contributed by atoms with Crippen LogP contribution in [0.2, 0.25) is 0 Å². The minimum atomic E-state index is -0.950. The molecule has 0 fully saturated rings. The minimum Gasteiger partial charge on any atom is -0.382 e. The molecule has 1 aromatic carbocycles. The first-order valence-corrected chi connectivity index (χ1v) is 9.14. The lowest BCUT2D eigenvalue weighted by atomic mass is 10.2. The average molecular weight is 372 g/mol. The maximum Gasteiger partial charge on any atom is 0.339 e. The summed E-state index contributed by atoms with van der Waals surface area (Å²) in [4.78, 5) is 13.3.